The van der Waals surface area contributed by atoms with Crippen molar-refractivity contribution in [1.29, 1.82) is 0 Å². The first-order valence-corrected chi connectivity index (χ1v) is 59.1. The van der Waals surface area contributed by atoms with Crippen molar-refractivity contribution < 1.29 is 122 Å². The van der Waals surface area contributed by atoms with Crippen LogP contribution in [-0.4, -0.2) is 133 Å². The Labute approximate surface area is 824 Å². The Kier molecular flexibility index (Phi) is 44.8. The van der Waals surface area contributed by atoms with E-state index in [1.165, 1.54) is 68.3 Å². The molecule has 0 amide bonds. The van der Waals surface area contributed by atoms with Gasteiger partial charge in [-0.15, -0.1) is 0 Å². The lowest BCUT2D eigenvalue weighted by molar-refractivity contribution is -0.140. The van der Waals surface area contributed by atoms with E-state index in [1.807, 2.05) is 109 Å². The number of benzene rings is 8. The fourth-order valence-electron chi connectivity index (χ4n) is 13.4. The Hall–Kier alpha value is -6.52. The van der Waals surface area contributed by atoms with E-state index in [9.17, 15) is 122 Å². The van der Waals surface area contributed by atoms with E-state index in [0.29, 0.717) is 63.3 Å². The first-order valence-electron chi connectivity index (χ1n) is 42.9. The molecule has 19 nitrogen and oxygen atoms in total. The second-order valence-electron chi connectivity index (χ2n) is 38.9. The second-order valence-corrected chi connectivity index (χ2v) is 56.0. The van der Waals surface area contributed by atoms with Crippen LogP contribution in [0.4, 0.5) is 39.5 Å². The third-order valence-corrected chi connectivity index (χ3v) is 31.5. The van der Waals surface area contributed by atoms with Crippen LogP contribution in [0.2, 0.25) is 15.1 Å². The summed E-state index contributed by atoms with van der Waals surface area (Å²) in [4.78, 5) is -1.05. The van der Waals surface area contributed by atoms with Gasteiger partial charge in [0.2, 0.25) is 0 Å². The van der Waals surface area contributed by atoms with E-state index in [2.05, 4.69) is 13.8 Å². The maximum Gasteiger partial charge on any atom is 0.417 e. The van der Waals surface area contributed by atoms with Crippen LogP contribution in [0.25, 0.3) is 0 Å². The number of hydrogen-bond donors (Lipinski definition) is 3. The van der Waals surface area contributed by atoms with Gasteiger partial charge in [0.05, 0.1) is 77.3 Å². The molecule has 0 spiro atoms. The minimum Gasteiger partial charge on any atom is -0.386 e. The highest BCUT2D eigenvalue weighted by Gasteiger charge is 2.41. The van der Waals surface area contributed by atoms with E-state index >= 15 is 0 Å². The summed E-state index contributed by atoms with van der Waals surface area (Å²) in [7, 11) is -28.3. The summed E-state index contributed by atoms with van der Waals surface area (Å²) in [5.74, 6) is -2.89. The normalized spacial score (nSPS) is 13.0. The molecule has 8 aromatic rings. The van der Waals surface area contributed by atoms with Crippen molar-refractivity contribution >= 4 is 114 Å². The maximum atomic E-state index is 14.4. The highest BCUT2D eigenvalue weighted by atomic mass is 35.5. The predicted octanol–water partition coefficient (Wildman–Crippen LogP) is 25.2. The molecule has 0 fully saturated rings. The van der Waals surface area contributed by atoms with Gasteiger partial charge in [0.25, 0.3) is 5.92 Å². The second kappa shape index (κ2) is 47.8. The Morgan fingerprint density at radius 3 is 0.847 bits per heavy atom. The van der Waals surface area contributed by atoms with Crippen molar-refractivity contribution in [3.05, 3.63) is 231 Å². The molecule has 774 valence electrons. The van der Waals surface area contributed by atoms with E-state index in [1.54, 1.807) is 110 Å². The molecule has 0 aliphatic carbocycles. The third kappa shape index (κ3) is 38.6. The molecule has 0 radical (unpaired) electrons. The Bertz CT molecular complexity index is 6190. The molecule has 0 atom stereocenters. The number of aliphatic hydroxyl groups is 3. The van der Waals surface area contributed by atoms with E-state index in [4.69, 9.17) is 34.8 Å². The van der Waals surface area contributed by atoms with Crippen LogP contribution in [0.15, 0.2) is 160 Å². The lowest BCUT2D eigenvalue weighted by atomic mass is 9.85. The zero-order chi connectivity index (χ0) is 108. The number of rotatable bonds is 20. The molecule has 0 aliphatic rings. The standard InChI is InChI=1S/C14H22O2S.C13H19FO3S.2C13H20O3S.C12H16F2O2S.C11H14Cl2O2S.C11H12ClF3O2S.C11H13F3O2S/c1-10(2)11-7-8-13(17(6,15)16)12(9-11)14(3,4)5;1-8(2)9-6-7-10(18(5,16)17)11(12(9)14)13(3,4)15;1-9(2)11-7-6-10(17(5,15)16)8-12(11)13(3,4)14;1-9(2)10-6-7-12(17(5,15)16)11(8-10)13(3,4)14;1-8(2)9-5-6-11(17(4,15)16)10(7-9)12(3,13)14;1-6(2)8-5-9(12)11(16(4,14)15)10(13)7(8)3;1-6(2)7-4-8(11(13,14)15)10(9(12)5-7)18(3,16)17;1-7(2)8-4-5-10(17(3,15)16)9(6-8)11(12,13)14/h7-10H,1-6H3;6-8,15H,1-5H3;2*6-9,14H,1-5H3;5-8H,1-4H3;5-6H,1-4H3;4-6H,1-3H3;4-7H,1-3H3. The van der Waals surface area contributed by atoms with E-state index in [0.717, 1.165) is 77.3 Å². The summed E-state index contributed by atoms with van der Waals surface area (Å²) in [6, 6.07) is 29.9. The van der Waals surface area contributed by atoms with Crippen LogP contribution in [-0.2, 0) is 119 Å². The molecule has 0 unspecified atom stereocenters. The molecule has 0 saturated heterocycles. The quantitative estimate of drug-likeness (QED) is 0.0597. The summed E-state index contributed by atoms with van der Waals surface area (Å²) in [5.41, 5.74) is 2.10. The van der Waals surface area contributed by atoms with Gasteiger partial charge < -0.3 is 15.3 Å². The van der Waals surface area contributed by atoms with Crippen LogP contribution in [0.5, 0.6) is 0 Å². The number of alkyl halides is 8. The summed E-state index contributed by atoms with van der Waals surface area (Å²) in [5, 5.41) is 30.2. The molecular weight excluding hydrogens is 2010 g/mol. The van der Waals surface area contributed by atoms with E-state index < -0.39 is 151 Å². The summed E-state index contributed by atoms with van der Waals surface area (Å²) in [6.07, 6.45) is -1.29. The van der Waals surface area contributed by atoms with Gasteiger partial charge in [0, 0.05) is 73.7 Å². The van der Waals surface area contributed by atoms with E-state index in [-0.39, 0.29) is 81.0 Å². The first-order chi connectivity index (χ1) is 60.7. The van der Waals surface area contributed by atoms with Crippen LogP contribution in [0.1, 0.15) is 316 Å². The van der Waals surface area contributed by atoms with Gasteiger partial charge in [0.15, 0.2) is 78.7 Å². The lowest BCUT2D eigenvalue weighted by Crippen LogP contribution is -2.23. The topological polar surface area (TPSA) is 334 Å². The fourth-order valence-corrected chi connectivity index (χ4v) is 22.9. The number of sulfone groups is 8. The van der Waals surface area contributed by atoms with Gasteiger partial charge in [-0.2, -0.15) is 26.3 Å². The molecule has 0 aromatic heterocycles. The Morgan fingerprint density at radius 1 is 0.277 bits per heavy atom. The molecule has 0 heterocycles. The first kappa shape index (κ1) is 128. The molecule has 137 heavy (non-hydrogen) atoms. The Balaban J connectivity index is 0.000000783. The molecule has 8 rings (SSSR count). The van der Waals surface area contributed by atoms with Crippen molar-refractivity contribution in [1.82, 2.24) is 0 Å². The summed E-state index contributed by atoms with van der Waals surface area (Å²) < 4.78 is 303. The molecule has 0 bridgehead atoms. The van der Waals surface area contributed by atoms with Crippen LogP contribution in [0.3, 0.4) is 0 Å². The third-order valence-electron chi connectivity index (χ3n) is 20.9. The SMILES string of the molecule is CC(C)c1cc(Cl)c(S(C)(=O)=O)c(C(F)(F)F)c1.CC(C)c1ccc(S(C)(=O)=O)c(C(C)(C)C)c1.CC(C)c1ccc(S(C)(=O)=O)c(C(C)(C)O)c1.CC(C)c1ccc(S(C)(=O)=O)c(C(C)(C)O)c1F.CC(C)c1ccc(S(C)(=O)=O)c(C(C)(F)F)c1.CC(C)c1ccc(S(C)(=O)=O)c(C(F)(F)F)c1.CC(C)c1ccc(S(C)(=O)=O)cc1C(C)(C)O.Cc1c(C(C)C)cc(Cl)c(S(C)(=O)=O)c1Cl. The minimum atomic E-state index is -4.76. The van der Waals surface area contributed by atoms with Crippen molar-refractivity contribution in [2.75, 3.05) is 50.0 Å². The average molecular weight is 2150 g/mol. The van der Waals surface area contributed by atoms with Crippen LogP contribution >= 0.6 is 34.8 Å². The fraction of sp³-hybridized carbons (Fsp3) is 0.510. The maximum absolute atomic E-state index is 14.4. The lowest BCUT2D eigenvalue weighted by Gasteiger charge is -2.24. The number of halogens is 12. The van der Waals surface area contributed by atoms with Gasteiger partial charge in [-0.1, -0.05) is 215 Å². The average Bonchev–Trinajstić information content (AvgIpc) is 0.768. The van der Waals surface area contributed by atoms with Gasteiger partial charge in [-0.3, -0.25) is 0 Å². The van der Waals surface area contributed by atoms with Gasteiger partial charge >= 0.3 is 12.4 Å². The van der Waals surface area contributed by atoms with Gasteiger partial charge in [-0.25, -0.2) is 80.5 Å². The summed E-state index contributed by atoms with van der Waals surface area (Å²) in [6.45, 7) is 48.5. The zero-order valence-corrected chi connectivity index (χ0v) is 93.1. The van der Waals surface area contributed by atoms with Crippen molar-refractivity contribution in [3.8, 4) is 0 Å². The molecular formula is C98H136Cl3F9O19S8. The van der Waals surface area contributed by atoms with Crippen molar-refractivity contribution in [2.45, 2.75) is 314 Å². The molecule has 3 N–H and O–H groups in total. The molecule has 8 aromatic carbocycles. The zero-order valence-electron chi connectivity index (χ0n) is 84.3. The van der Waals surface area contributed by atoms with Crippen LogP contribution in [0, 0.1) is 12.7 Å². The largest absolute Gasteiger partial charge is 0.417 e. The molecule has 0 saturated carbocycles. The highest BCUT2D eigenvalue weighted by Crippen LogP contribution is 2.44. The number of hydrogen-bond acceptors (Lipinski definition) is 19. The van der Waals surface area contributed by atoms with Crippen molar-refractivity contribution in [3.63, 3.8) is 0 Å². The monoisotopic (exact) mass is 2150 g/mol. The predicted molar refractivity (Wildman–Crippen MR) is 533 cm³/mol. The van der Waals surface area contributed by atoms with Crippen molar-refractivity contribution in [2.24, 2.45) is 0 Å². The Morgan fingerprint density at radius 2 is 0.562 bits per heavy atom. The summed E-state index contributed by atoms with van der Waals surface area (Å²) >= 11 is 17.7. The molecule has 0 aliphatic heterocycles. The van der Waals surface area contributed by atoms with Gasteiger partial charge in [0.1, 0.15) is 10.7 Å². The minimum absolute atomic E-state index is 0.0257. The van der Waals surface area contributed by atoms with Crippen LogP contribution < -0.4 is 0 Å². The smallest absolute Gasteiger partial charge is 0.386 e. The molecule has 39 heteroatoms. The van der Waals surface area contributed by atoms with Gasteiger partial charge in [-0.05, 0) is 235 Å². The highest BCUT2D eigenvalue weighted by molar-refractivity contribution is 7.92.